The Morgan fingerprint density at radius 2 is 0.763 bits per heavy atom. The topological polar surface area (TPSA) is 55.8 Å². The molecule has 0 aromatic rings. The smallest absolute Gasteiger partial charge is 0.306 e. The van der Waals surface area contributed by atoms with E-state index in [-0.39, 0.29) is 19.2 Å². The van der Waals surface area contributed by atoms with Gasteiger partial charge in [-0.2, -0.15) is 0 Å². The minimum atomic E-state index is -0.550. The summed E-state index contributed by atoms with van der Waals surface area (Å²) in [5.74, 6) is -0.212. The number of aliphatic hydroxyl groups is 1. The van der Waals surface area contributed by atoms with Gasteiger partial charge in [0.15, 0.2) is 0 Å². The van der Waals surface area contributed by atoms with Crippen molar-refractivity contribution in [3.63, 3.8) is 0 Å². The first kappa shape index (κ1) is 56.3. The van der Waals surface area contributed by atoms with Gasteiger partial charge >= 0.3 is 5.97 Å². The second kappa shape index (κ2) is 51.5. The molecule has 0 aromatic heterocycles. The van der Waals surface area contributed by atoms with Gasteiger partial charge in [-0.1, -0.05) is 214 Å². The van der Waals surface area contributed by atoms with Crippen molar-refractivity contribution in [3.8, 4) is 0 Å². The molecule has 0 aliphatic rings. The summed E-state index contributed by atoms with van der Waals surface area (Å²) in [6.07, 6.45) is 73.4. The van der Waals surface area contributed by atoms with Crippen LogP contribution in [-0.4, -0.2) is 37.0 Å². The van der Waals surface area contributed by atoms with Gasteiger partial charge in [-0.3, -0.25) is 4.79 Å². The van der Waals surface area contributed by atoms with Crippen molar-refractivity contribution >= 4 is 5.97 Å². The Bertz CT molecular complexity index is 1090. The molecule has 338 valence electrons. The van der Waals surface area contributed by atoms with E-state index in [1.807, 2.05) is 0 Å². The summed E-state index contributed by atoms with van der Waals surface area (Å²) in [6.45, 7) is 5.19. The van der Waals surface area contributed by atoms with E-state index in [1.54, 1.807) is 0 Å². The van der Waals surface area contributed by atoms with Crippen LogP contribution in [0.3, 0.4) is 0 Å². The van der Waals surface area contributed by atoms with Gasteiger partial charge in [-0.15, -0.1) is 0 Å². The van der Waals surface area contributed by atoms with Crippen LogP contribution in [0, 0.1) is 0 Å². The average molecular weight is 819 g/mol. The molecular weight excluding hydrogens is 725 g/mol. The van der Waals surface area contributed by atoms with Crippen LogP contribution in [0.5, 0.6) is 0 Å². The van der Waals surface area contributed by atoms with Crippen LogP contribution in [0.1, 0.15) is 219 Å². The number of rotatable bonds is 45. The summed E-state index contributed by atoms with van der Waals surface area (Å²) in [5.41, 5.74) is 0. The Morgan fingerprint density at radius 1 is 0.424 bits per heavy atom. The van der Waals surface area contributed by atoms with E-state index in [4.69, 9.17) is 9.47 Å². The SMILES string of the molecule is CC/C=C\C/C=C\C/C=C\C/C=C\C/C=C\C/C=C\CCCCCCCCCOCC(CO)OC(=O)CCCCCCCCCCC/C=C\C/C=C\CCCCCCC. The number of allylic oxidation sites excluding steroid dienone is 16. The minimum absolute atomic E-state index is 0.183. The maximum Gasteiger partial charge on any atom is 0.306 e. The van der Waals surface area contributed by atoms with Gasteiger partial charge in [-0.25, -0.2) is 0 Å². The first-order valence-corrected chi connectivity index (χ1v) is 24.8. The molecule has 0 fully saturated rings. The summed E-state index contributed by atoms with van der Waals surface area (Å²) in [7, 11) is 0. The molecule has 0 bridgehead atoms. The Labute approximate surface area is 366 Å². The van der Waals surface area contributed by atoms with Gasteiger partial charge in [0, 0.05) is 13.0 Å². The molecule has 0 saturated heterocycles. The van der Waals surface area contributed by atoms with Gasteiger partial charge in [0.1, 0.15) is 6.10 Å². The van der Waals surface area contributed by atoms with Crippen molar-refractivity contribution in [2.45, 2.75) is 225 Å². The highest BCUT2D eigenvalue weighted by atomic mass is 16.6. The third-order valence-electron chi connectivity index (χ3n) is 10.4. The fraction of sp³-hybridized carbons (Fsp3) is 0.691. The van der Waals surface area contributed by atoms with Crippen LogP contribution in [0.25, 0.3) is 0 Å². The van der Waals surface area contributed by atoms with Crippen molar-refractivity contribution in [1.29, 1.82) is 0 Å². The lowest BCUT2D eigenvalue weighted by Gasteiger charge is -2.16. The molecule has 0 aliphatic heterocycles. The molecule has 1 atom stereocenters. The Balaban J connectivity index is 3.50. The van der Waals surface area contributed by atoms with Crippen molar-refractivity contribution < 1.29 is 19.4 Å². The number of carbonyl (C=O) groups excluding carboxylic acids is 1. The number of unbranched alkanes of at least 4 members (excludes halogenated alkanes) is 21. The van der Waals surface area contributed by atoms with E-state index in [0.717, 1.165) is 70.6 Å². The average Bonchev–Trinajstić information content (AvgIpc) is 3.24. The molecule has 0 rings (SSSR count). The predicted molar refractivity (Wildman–Crippen MR) is 260 cm³/mol. The maximum atomic E-state index is 12.3. The highest BCUT2D eigenvalue weighted by Gasteiger charge is 2.13. The molecule has 0 saturated carbocycles. The molecule has 1 unspecified atom stereocenters. The lowest BCUT2D eigenvalue weighted by Crippen LogP contribution is -2.27. The van der Waals surface area contributed by atoms with Crippen molar-refractivity contribution in [2.24, 2.45) is 0 Å². The number of carbonyl (C=O) groups is 1. The number of hydrogen-bond donors (Lipinski definition) is 1. The molecule has 1 N–H and O–H groups in total. The van der Waals surface area contributed by atoms with Crippen molar-refractivity contribution in [2.75, 3.05) is 19.8 Å². The fourth-order valence-corrected chi connectivity index (χ4v) is 6.71. The van der Waals surface area contributed by atoms with Crippen LogP contribution in [0.15, 0.2) is 97.2 Å². The first-order valence-electron chi connectivity index (χ1n) is 24.8. The monoisotopic (exact) mass is 819 g/mol. The van der Waals surface area contributed by atoms with E-state index in [2.05, 4.69) is 111 Å². The largest absolute Gasteiger partial charge is 0.457 e. The minimum Gasteiger partial charge on any atom is -0.457 e. The molecule has 4 nitrogen and oxygen atoms in total. The molecule has 0 amide bonds. The zero-order valence-electron chi connectivity index (χ0n) is 38.7. The fourth-order valence-electron chi connectivity index (χ4n) is 6.71. The van der Waals surface area contributed by atoms with Gasteiger partial charge in [0.25, 0.3) is 0 Å². The Hall–Kier alpha value is -2.69. The van der Waals surface area contributed by atoms with Crippen LogP contribution in [0.2, 0.25) is 0 Å². The molecule has 0 spiro atoms. The van der Waals surface area contributed by atoms with Crippen LogP contribution < -0.4 is 0 Å². The van der Waals surface area contributed by atoms with Crippen LogP contribution >= 0.6 is 0 Å². The molecule has 4 heteroatoms. The third-order valence-corrected chi connectivity index (χ3v) is 10.4. The summed E-state index contributed by atoms with van der Waals surface area (Å²) >= 11 is 0. The highest BCUT2D eigenvalue weighted by Crippen LogP contribution is 2.13. The summed E-state index contributed by atoms with van der Waals surface area (Å²) < 4.78 is 11.2. The van der Waals surface area contributed by atoms with Crippen molar-refractivity contribution in [1.82, 2.24) is 0 Å². The predicted octanol–water partition coefficient (Wildman–Crippen LogP) is 16.9. The van der Waals surface area contributed by atoms with E-state index < -0.39 is 6.10 Å². The first-order chi connectivity index (χ1) is 29.2. The molecule has 0 radical (unpaired) electrons. The molecule has 0 aromatic carbocycles. The molecule has 0 heterocycles. The Kier molecular flexibility index (Phi) is 49.1. The standard InChI is InChI=1S/C55H94O4/c1-3-5-7-9-11-13-15-17-19-21-23-25-26-27-28-29-31-33-35-37-39-41-43-45-47-49-51-58-53-54(52-56)59-55(57)50-48-46-44-42-40-38-36-34-32-30-24-22-20-18-16-14-12-10-8-6-4-2/h5,7,11,13,16-19,22-25,27-28,31,33,54,56H,3-4,6,8-10,12,14-15,20-21,26,29-30,32,34-53H2,1-2H3/b7-5-,13-11-,18-16-,19-17-,24-22-,25-23-,28-27-,33-31-. The van der Waals surface area contributed by atoms with E-state index in [1.165, 1.54) is 128 Å². The summed E-state index contributed by atoms with van der Waals surface area (Å²) in [5, 5.41) is 9.65. The third kappa shape index (κ3) is 49.6. The number of hydrogen-bond acceptors (Lipinski definition) is 4. The lowest BCUT2D eigenvalue weighted by atomic mass is 10.1. The second-order valence-electron chi connectivity index (χ2n) is 16.2. The maximum absolute atomic E-state index is 12.3. The molecule has 0 aliphatic carbocycles. The number of aliphatic hydroxyl groups excluding tert-OH is 1. The molecular formula is C55H94O4. The van der Waals surface area contributed by atoms with E-state index >= 15 is 0 Å². The normalized spacial score (nSPS) is 13.2. The van der Waals surface area contributed by atoms with Crippen molar-refractivity contribution in [3.05, 3.63) is 97.2 Å². The quantitative estimate of drug-likeness (QED) is 0.0378. The van der Waals surface area contributed by atoms with Gasteiger partial charge < -0.3 is 14.6 Å². The van der Waals surface area contributed by atoms with Gasteiger partial charge in [0.2, 0.25) is 0 Å². The van der Waals surface area contributed by atoms with Crippen LogP contribution in [0.4, 0.5) is 0 Å². The number of esters is 1. The van der Waals surface area contributed by atoms with Crippen LogP contribution in [-0.2, 0) is 14.3 Å². The lowest BCUT2D eigenvalue weighted by molar-refractivity contribution is -0.154. The highest BCUT2D eigenvalue weighted by molar-refractivity contribution is 5.69. The number of ether oxygens (including phenoxy) is 2. The summed E-state index contributed by atoms with van der Waals surface area (Å²) in [6, 6.07) is 0. The zero-order chi connectivity index (χ0) is 42.6. The van der Waals surface area contributed by atoms with E-state index in [0.29, 0.717) is 13.0 Å². The van der Waals surface area contributed by atoms with E-state index in [9.17, 15) is 9.90 Å². The molecule has 59 heavy (non-hydrogen) atoms. The zero-order valence-corrected chi connectivity index (χ0v) is 38.7. The summed E-state index contributed by atoms with van der Waals surface area (Å²) in [4.78, 5) is 12.3. The second-order valence-corrected chi connectivity index (χ2v) is 16.2. The van der Waals surface area contributed by atoms with Gasteiger partial charge in [0.05, 0.1) is 13.2 Å². The van der Waals surface area contributed by atoms with Gasteiger partial charge in [-0.05, 0) is 96.3 Å². The Morgan fingerprint density at radius 3 is 1.15 bits per heavy atom.